The maximum atomic E-state index is 5.86. The monoisotopic (exact) mass is 402 g/mol. The molecule has 2 aliphatic rings. The molecule has 1 aliphatic carbocycles. The Morgan fingerprint density at radius 2 is 1.72 bits per heavy atom. The summed E-state index contributed by atoms with van der Waals surface area (Å²) in [4.78, 5) is 7.13. The molecule has 148 valence electrons. The molecular weight excluding hydrogens is 376 g/mol. The Kier molecular flexibility index (Phi) is 5.06. The molecule has 1 aliphatic heterocycles. The summed E-state index contributed by atoms with van der Waals surface area (Å²) in [6.07, 6.45) is 12.6. The summed E-state index contributed by atoms with van der Waals surface area (Å²) in [6.45, 7) is 0. The van der Waals surface area contributed by atoms with Crippen molar-refractivity contribution in [3.05, 3.63) is 84.4 Å². The van der Waals surface area contributed by atoms with E-state index in [1.54, 1.807) is 0 Å². The molecule has 4 nitrogen and oxygen atoms in total. The lowest BCUT2D eigenvalue weighted by molar-refractivity contribution is 0.197. The van der Waals surface area contributed by atoms with Gasteiger partial charge in [-0.05, 0) is 61.0 Å². The maximum absolute atomic E-state index is 5.86. The molecule has 3 heterocycles. The quantitative estimate of drug-likeness (QED) is 0.610. The standard InChI is InChI=1S/C24H26N4S/c29-24-26-22(21-13-7-8-15-25-21)23(28(24)20-11-5-2-6-12-20)18-14-16-27(17-18)19-9-3-1-4-10-19/h1,3-4,7-10,13-17,20,22-23H,2,5-6,11-12H2,(H,26,29)/t22-,23+/m1/s1. The van der Waals surface area contributed by atoms with Crippen molar-refractivity contribution in [1.29, 1.82) is 0 Å². The van der Waals surface area contributed by atoms with Gasteiger partial charge in [0.15, 0.2) is 5.11 Å². The smallest absolute Gasteiger partial charge is 0.170 e. The van der Waals surface area contributed by atoms with Crippen LogP contribution in [0.5, 0.6) is 0 Å². The molecule has 5 rings (SSSR count). The molecular formula is C24H26N4S. The zero-order chi connectivity index (χ0) is 19.6. The summed E-state index contributed by atoms with van der Waals surface area (Å²) in [5.41, 5.74) is 3.50. The molecule has 0 unspecified atom stereocenters. The molecule has 0 bridgehead atoms. The summed E-state index contributed by atoms with van der Waals surface area (Å²) >= 11 is 5.86. The molecule has 2 fully saturated rings. The van der Waals surface area contributed by atoms with Gasteiger partial charge in [0, 0.05) is 30.3 Å². The van der Waals surface area contributed by atoms with Gasteiger partial charge in [0.1, 0.15) is 0 Å². The van der Waals surface area contributed by atoms with E-state index in [1.165, 1.54) is 43.4 Å². The van der Waals surface area contributed by atoms with Crippen LogP contribution in [-0.4, -0.2) is 25.6 Å². The fourth-order valence-electron chi connectivity index (χ4n) is 4.82. The largest absolute Gasteiger partial charge is 0.352 e. The first kappa shape index (κ1) is 18.4. The van der Waals surface area contributed by atoms with Crippen LogP contribution in [0.25, 0.3) is 5.69 Å². The Bertz CT molecular complexity index is 963. The molecule has 1 saturated carbocycles. The Hall–Kier alpha value is -2.66. The number of pyridine rings is 1. The summed E-state index contributed by atoms with van der Waals surface area (Å²) < 4.78 is 2.20. The highest BCUT2D eigenvalue weighted by molar-refractivity contribution is 7.80. The molecule has 1 saturated heterocycles. The second kappa shape index (κ2) is 7.99. The second-order valence-electron chi connectivity index (χ2n) is 8.01. The number of rotatable bonds is 4. The van der Waals surface area contributed by atoms with E-state index in [2.05, 4.69) is 80.7 Å². The van der Waals surface area contributed by atoms with Crippen LogP contribution in [0.2, 0.25) is 0 Å². The lowest BCUT2D eigenvalue weighted by atomic mass is 9.91. The predicted molar refractivity (Wildman–Crippen MR) is 120 cm³/mol. The number of hydrogen-bond acceptors (Lipinski definition) is 2. The van der Waals surface area contributed by atoms with Crippen molar-refractivity contribution in [2.24, 2.45) is 0 Å². The summed E-state index contributed by atoms with van der Waals surface area (Å²) in [5, 5.41) is 4.47. The van der Waals surface area contributed by atoms with E-state index < -0.39 is 0 Å². The first-order chi connectivity index (χ1) is 14.3. The maximum Gasteiger partial charge on any atom is 0.170 e. The van der Waals surface area contributed by atoms with Crippen molar-refractivity contribution in [1.82, 2.24) is 19.8 Å². The zero-order valence-electron chi connectivity index (χ0n) is 16.4. The highest BCUT2D eigenvalue weighted by atomic mass is 32.1. The van der Waals surface area contributed by atoms with Gasteiger partial charge in [0.2, 0.25) is 0 Å². The Morgan fingerprint density at radius 3 is 2.48 bits per heavy atom. The minimum atomic E-state index is 0.0669. The fraction of sp³-hybridized carbons (Fsp3) is 0.333. The average molecular weight is 403 g/mol. The molecule has 2 atom stereocenters. The van der Waals surface area contributed by atoms with E-state index in [9.17, 15) is 0 Å². The number of thiocarbonyl (C=S) groups is 1. The first-order valence-electron chi connectivity index (χ1n) is 10.5. The fourth-order valence-corrected chi connectivity index (χ4v) is 5.21. The molecule has 3 aromatic rings. The number of nitrogens with one attached hydrogen (secondary N) is 1. The van der Waals surface area contributed by atoms with Crippen molar-refractivity contribution >= 4 is 17.3 Å². The van der Waals surface area contributed by atoms with Crippen molar-refractivity contribution in [3.63, 3.8) is 0 Å². The first-order valence-corrected chi connectivity index (χ1v) is 11.0. The van der Waals surface area contributed by atoms with E-state index in [0.717, 1.165) is 10.8 Å². The molecule has 29 heavy (non-hydrogen) atoms. The minimum Gasteiger partial charge on any atom is -0.352 e. The minimum absolute atomic E-state index is 0.0669. The third-order valence-corrected chi connectivity index (χ3v) is 6.54. The van der Waals surface area contributed by atoms with E-state index >= 15 is 0 Å². The number of para-hydroxylation sites is 1. The lowest BCUT2D eigenvalue weighted by Crippen LogP contribution is -2.40. The van der Waals surface area contributed by atoms with Crippen LogP contribution < -0.4 is 5.32 Å². The molecule has 0 radical (unpaired) electrons. The van der Waals surface area contributed by atoms with Gasteiger partial charge in [0.25, 0.3) is 0 Å². The molecule has 2 aromatic heterocycles. The third-order valence-electron chi connectivity index (χ3n) is 6.22. The van der Waals surface area contributed by atoms with Crippen LogP contribution in [0.15, 0.2) is 73.2 Å². The molecule has 0 spiro atoms. The lowest BCUT2D eigenvalue weighted by Gasteiger charge is -2.36. The van der Waals surface area contributed by atoms with Crippen LogP contribution in [-0.2, 0) is 0 Å². The van der Waals surface area contributed by atoms with Gasteiger partial charge < -0.3 is 14.8 Å². The molecule has 1 N–H and O–H groups in total. The Labute approximate surface area is 177 Å². The predicted octanol–water partition coefficient (Wildman–Crippen LogP) is 5.18. The second-order valence-corrected chi connectivity index (χ2v) is 8.40. The van der Waals surface area contributed by atoms with E-state index in [-0.39, 0.29) is 12.1 Å². The van der Waals surface area contributed by atoms with Gasteiger partial charge >= 0.3 is 0 Å². The van der Waals surface area contributed by atoms with Gasteiger partial charge in [-0.3, -0.25) is 4.98 Å². The molecule has 0 amide bonds. The van der Waals surface area contributed by atoms with Crippen LogP contribution in [0, 0.1) is 0 Å². The summed E-state index contributed by atoms with van der Waals surface area (Å²) in [5.74, 6) is 0. The van der Waals surface area contributed by atoms with Crippen LogP contribution >= 0.6 is 12.2 Å². The van der Waals surface area contributed by atoms with Crippen molar-refractivity contribution < 1.29 is 0 Å². The van der Waals surface area contributed by atoms with E-state index in [1.807, 2.05) is 12.3 Å². The van der Waals surface area contributed by atoms with Gasteiger partial charge in [-0.15, -0.1) is 0 Å². The van der Waals surface area contributed by atoms with Crippen molar-refractivity contribution in [2.45, 2.75) is 50.2 Å². The number of aromatic nitrogens is 2. The summed E-state index contributed by atoms with van der Waals surface area (Å²) in [7, 11) is 0. The topological polar surface area (TPSA) is 33.1 Å². The number of benzene rings is 1. The Balaban J connectivity index is 1.54. The van der Waals surface area contributed by atoms with Crippen LogP contribution in [0.1, 0.15) is 55.4 Å². The normalized spacial score (nSPS) is 22.6. The molecule has 1 aromatic carbocycles. The zero-order valence-corrected chi connectivity index (χ0v) is 17.3. The SMILES string of the molecule is S=C1N[C@H](c2ccccn2)[C@H](c2ccn(-c3ccccc3)c2)N1C1CCCCC1. The highest BCUT2D eigenvalue weighted by Gasteiger charge is 2.43. The average Bonchev–Trinajstić information content (AvgIpc) is 3.40. The van der Waals surface area contributed by atoms with Gasteiger partial charge in [-0.1, -0.05) is 43.5 Å². The Morgan fingerprint density at radius 1 is 0.931 bits per heavy atom. The third kappa shape index (κ3) is 3.55. The van der Waals surface area contributed by atoms with Crippen LogP contribution in [0.4, 0.5) is 0 Å². The van der Waals surface area contributed by atoms with Crippen LogP contribution in [0.3, 0.4) is 0 Å². The van der Waals surface area contributed by atoms with Gasteiger partial charge in [-0.2, -0.15) is 0 Å². The van der Waals surface area contributed by atoms with E-state index in [0.29, 0.717) is 6.04 Å². The van der Waals surface area contributed by atoms with Gasteiger partial charge in [0.05, 0.1) is 17.8 Å². The van der Waals surface area contributed by atoms with Crippen molar-refractivity contribution in [2.75, 3.05) is 0 Å². The highest BCUT2D eigenvalue weighted by Crippen LogP contribution is 2.42. The van der Waals surface area contributed by atoms with Gasteiger partial charge in [-0.25, -0.2) is 0 Å². The number of nitrogens with zero attached hydrogens (tertiary/aromatic N) is 3. The summed E-state index contributed by atoms with van der Waals surface area (Å²) in [6, 6.07) is 19.6. The van der Waals surface area contributed by atoms with Crippen molar-refractivity contribution in [3.8, 4) is 5.69 Å². The molecule has 5 heteroatoms. The number of hydrogen-bond donors (Lipinski definition) is 1. The van der Waals surface area contributed by atoms with E-state index in [4.69, 9.17) is 12.2 Å².